The summed E-state index contributed by atoms with van der Waals surface area (Å²) in [6, 6.07) is 13.7. The minimum atomic E-state index is -1.18. The molecule has 1 unspecified atom stereocenters. The van der Waals surface area contributed by atoms with Gasteiger partial charge in [-0.2, -0.15) is 0 Å². The maximum absolute atomic E-state index is 12.5. The Morgan fingerprint density at radius 3 is 2.52 bits per heavy atom. The molecular formula is C22H21NO6. The minimum absolute atomic E-state index is 0.336. The monoisotopic (exact) mass is 395 g/mol. The molecule has 150 valence electrons. The number of aryl methyl sites for hydroxylation is 1. The minimum Gasteiger partial charge on any atom is -0.481 e. The fraction of sp³-hybridized carbons (Fsp3) is 0.227. The summed E-state index contributed by atoms with van der Waals surface area (Å²) in [6.07, 6.45) is -0.281. The summed E-state index contributed by atoms with van der Waals surface area (Å²) in [4.78, 5) is 35.7. The van der Waals surface area contributed by atoms with Gasteiger partial charge in [0.05, 0.1) is 0 Å². The van der Waals surface area contributed by atoms with Gasteiger partial charge in [0.25, 0.3) is 5.91 Å². The molecule has 1 aromatic heterocycles. The number of carbonyl (C=O) groups excluding carboxylic acids is 1. The zero-order valence-corrected chi connectivity index (χ0v) is 16.0. The Bertz CT molecular complexity index is 1090. The summed E-state index contributed by atoms with van der Waals surface area (Å²) < 4.78 is 10.9. The molecule has 29 heavy (non-hydrogen) atoms. The van der Waals surface area contributed by atoms with Crippen LogP contribution in [0.25, 0.3) is 11.0 Å². The third-order valence-electron chi connectivity index (χ3n) is 4.53. The number of hydrogen-bond acceptors (Lipinski definition) is 5. The first-order chi connectivity index (χ1) is 13.9. The highest BCUT2D eigenvalue weighted by atomic mass is 16.5. The second kappa shape index (κ2) is 8.60. The molecule has 0 aliphatic heterocycles. The van der Waals surface area contributed by atoms with Gasteiger partial charge in [0.1, 0.15) is 11.3 Å². The summed E-state index contributed by atoms with van der Waals surface area (Å²) >= 11 is 0. The van der Waals surface area contributed by atoms with Gasteiger partial charge in [0.2, 0.25) is 0 Å². The number of carboxylic acids is 1. The highest BCUT2D eigenvalue weighted by molar-refractivity contribution is 5.87. The van der Waals surface area contributed by atoms with Gasteiger partial charge in [-0.3, -0.25) is 4.79 Å². The van der Waals surface area contributed by atoms with Crippen LogP contribution in [0.4, 0.5) is 0 Å². The molecule has 0 bridgehead atoms. The average molecular weight is 395 g/mol. The molecule has 0 saturated heterocycles. The van der Waals surface area contributed by atoms with Gasteiger partial charge >= 0.3 is 11.6 Å². The van der Waals surface area contributed by atoms with Crippen LogP contribution in [-0.2, 0) is 16.0 Å². The molecule has 7 heteroatoms. The maximum atomic E-state index is 12.5. The Morgan fingerprint density at radius 2 is 1.86 bits per heavy atom. The molecule has 1 amide bonds. The van der Waals surface area contributed by atoms with Crippen LogP contribution in [0.5, 0.6) is 5.75 Å². The Morgan fingerprint density at radius 1 is 1.14 bits per heavy atom. The lowest BCUT2D eigenvalue weighted by molar-refractivity contribution is -0.143. The molecule has 0 saturated carbocycles. The number of rotatable bonds is 7. The number of aliphatic carboxylic acids is 1. The predicted octanol–water partition coefficient (Wildman–Crippen LogP) is 3.06. The summed E-state index contributed by atoms with van der Waals surface area (Å²) in [5.74, 6) is -1.41. The Labute approximate surface area is 166 Å². The zero-order chi connectivity index (χ0) is 21.0. The van der Waals surface area contributed by atoms with Crippen molar-refractivity contribution in [3.63, 3.8) is 0 Å². The molecule has 2 aromatic carbocycles. The molecule has 2 atom stereocenters. The molecule has 7 nitrogen and oxygen atoms in total. The highest BCUT2D eigenvalue weighted by Gasteiger charge is 2.25. The summed E-state index contributed by atoms with van der Waals surface area (Å²) in [5.41, 5.74) is 1.23. The number of carbonyl (C=O) groups is 2. The van der Waals surface area contributed by atoms with Crippen molar-refractivity contribution in [3.8, 4) is 5.75 Å². The van der Waals surface area contributed by atoms with E-state index in [1.54, 1.807) is 48.5 Å². The summed E-state index contributed by atoms with van der Waals surface area (Å²) in [5, 5.41) is 12.7. The molecule has 0 fully saturated rings. The van der Waals surface area contributed by atoms with E-state index in [-0.39, 0.29) is 0 Å². The average Bonchev–Trinajstić information content (AvgIpc) is 2.71. The van der Waals surface area contributed by atoms with Crippen molar-refractivity contribution < 1.29 is 23.8 Å². The fourth-order valence-corrected chi connectivity index (χ4v) is 3.03. The molecule has 1 heterocycles. The standard InChI is InChI=1S/C22H21NO6/c1-3-14-11-19(24)29-18-12-16(9-10-17(14)18)28-13(2)21(25)23-20(22(26)27)15-7-5-4-6-8-15/h4-13,20H,3H2,1-2H3,(H,23,25)(H,26,27)/t13?,20-/m0/s1. The van der Waals surface area contributed by atoms with Crippen molar-refractivity contribution in [1.29, 1.82) is 0 Å². The van der Waals surface area contributed by atoms with Crippen molar-refractivity contribution in [2.24, 2.45) is 0 Å². The maximum Gasteiger partial charge on any atom is 0.336 e. The van der Waals surface area contributed by atoms with E-state index in [0.717, 1.165) is 10.9 Å². The van der Waals surface area contributed by atoms with Gasteiger partial charge in [-0.1, -0.05) is 37.3 Å². The Kier molecular flexibility index (Phi) is 5.97. The lowest BCUT2D eigenvalue weighted by Gasteiger charge is -2.19. The van der Waals surface area contributed by atoms with Crippen molar-refractivity contribution in [2.45, 2.75) is 32.4 Å². The Balaban J connectivity index is 1.77. The lowest BCUT2D eigenvalue weighted by Crippen LogP contribution is -2.41. The molecule has 3 rings (SSSR count). The van der Waals surface area contributed by atoms with Crippen LogP contribution in [0.3, 0.4) is 0 Å². The summed E-state index contributed by atoms with van der Waals surface area (Å²) in [7, 11) is 0. The first-order valence-corrected chi connectivity index (χ1v) is 9.20. The van der Waals surface area contributed by atoms with Crippen LogP contribution < -0.4 is 15.7 Å². The van der Waals surface area contributed by atoms with Crippen LogP contribution >= 0.6 is 0 Å². The van der Waals surface area contributed by atoms with Crippen molar-refractivity contribution >= 4 is 22.8 Å². The van der Waals surface area contributed by atoms with Crippen LogP contribution in [0.2, 0.25) is 0 Å². The quantitative estimate of drug-likeness (QED) is 0.596. The fourth-order valence-electron chi connectivity index (χ4n) is 3.03. The van der Waals surface area contributed by atoms with Crippen LogP contribution in [0.1, 0.15) is 31.0 Å². The molecule has 0 radical (unpaired) electrons. The number of ether oxygens (including phenoxy) is 1. The predicted molar refractivity (Wildman–Crippen MR) is 107 cm³/mol. The smallest absolute Gasteiger partial charge is 0.336 e. The van der Waals surface area contributed by atoms with E-state index in [1.165, 1.54) is 13.0 Å². The van der Waals surface area contributed by atoms with Crippen molar-refractivity contribution in [1.82, 2.24) is 5.32 Å². The summed E-state index contributed by atoms with van der Waals surface area (Å²) in [6.45, 7) is 3.46. The second-order valence-corrected chi connectivity index (χ2v) is 6.55. The van der Waals surface area contributed by atoms with Gasteiger partial charge in [0, 0.05) is 17.5 Å². The van der Waals surface area contributed by atoms with Gasteiger partial charge in [0.15, 0.2) is 12.1 Å². The van der Waals surface area contributed by atoms with E-state index in [1.807, 2.05) is 6.92 Å². The van der Waals surface area contributed by atoms with E-state index in [4.69, 9.17) is 9.15 Å². The SMILES string of the molecule is CCc1cc(=O)oc2cc(OC(C)C(=O)N[C@H](C(=O)O)c3ccccc3)ccc12. The topological polar surface area (TPSA) is 106 Å². The van der Waals surface area contributed by atoms with Gasteiger partial charge in [-0.25, -0.2) is 9.59 Å². The third-order valence-corrected chi connectivity index (χ3v) is 4.53. The first kappa shape index (κ1) is 20.1. The van der Waals surface area contributed by atoms with E-state index in [9.17, 15) is 19.5 Å². The highest BCUT2D eigenvalue weighted by Crippen LogP contribution is 2.24. The third kappa shape index (κ3) is 4.63. The molecule has 2 N–H and O–H groups in total. The van der Waals surface area contributed by atoms with Gasteiger partial charge in [-0.15, -0.1) is 0 Å². The zero-order valence-electron chi connectivity index (χ0n) is 16.0. The van der Waals surface area contributed by atoms with Crippen LogP contribution in [0.15, 0.2) is 63.8 Å². The number of amides is 1. The largest absolute Gasteiger partial charge is 0.481 e. The lowest BCUT2D eigenvalue weighted by atomic mass is 10.1. The number of carboxylic acid groups (broad SMARTS) is 1. The number of benzene rings is 2. The van der Waals surface area contributed by atoms with Crippen molar-refractivity contribution in [3.05, 3.63) is 76.1 Å². The number of nitrogens with one attached hydrogen (secondary N) is 1. The number of fused-ring (bicyclic) bond motifs is 1. The van der Waals surface area contributed by atoms with Gasteiger partial charge in [-0.05, 0) is 36.6 Å². The van der Waals surface area contributed by atoms with E-state index in [2.05, 4.69) is 5.32 Å². The van der Waals surface area contributed by atoms with Crippen LogP contribution in [0, 0.1) is 0 Å². The normalized spacial score (nSPS) is 12.9. The van der Waals surface area contributed by atoms with Crippen LogP contribution in [-0.4, -0.2) is 23.1 Å². The molecule has 3 aromatic rings. The van der Waals surface area contributed by atoms with E-state index < -0.39 is 29.6 Å². The van der Waals surface area contributed by atoms with Crippen molar-refractivity contribution in [2.75, 3.05) is 0 Å². The first-order valence-electron chi connectivity index (χ1n) is 9.20. The molecule has 0 aliphatic carbocycles. The molecular weight excluding hydrogens is 374 g/mol. The Hall–Kier alpha value is -3.61. The van der Waals surface area contributed by atoms with E-state index >= 15 is 0 Å². The van der Waals surface area contributed by atoms with E-state index in [0.29, 0.717) is 23.3 Å². The number of hydrogen-bond donors (Lipinski definition) is 2. The molecule has 0 aliphatic rings. The van der Waals surface area contributed by atoms with Gasteiger partial charge < -0.3 is 19.6 Å². The molecule has 0 spiro atoms. The second-order valence-electron chi connectivity index (χ2n) is 6.55.